The average molecular weight is 191 g/mol. The highest BCUT2D eigenvalue weighted by Gasteiger charge is 2.30. The summed E-state index contributed by atoms with van der Waals surface area (Å²) in [6, 6.07) is -0.764. The minimum absolute atomic E-state index is 0.351. The quantitative estimate of drug-likeness (QED) is 0.347. The molecule has 5 heteroatoms. The molecule has 0 N–H and O–H groups in total. The molecule has 0 aliphatic carbocycles. The van der Waals surface area contributed by atoms with Crippen LogP contribution in [0.3, 0.4) is 0 Å². The first-order chi connectivity index (χ1) is 6.17. The van der Waals surface area contributed by atoms with E-state index >= 15 is 0 Å². The molecule has 0 heterocycles. The van der Waals surface area contributed by atoms with E-state index in [0.29, 0.717) is 19.6 Å². The zero-order valence-corrected chi connectivity index (χ0v) is 8.36. The van der Waals surface area contributed by atoms with E-state index in [1.165, 1.54) is 0 Å². The van der Waals surface area contributed by atoms with Gasteiger partial charge in [-0.25, -0.2) is 0 Å². The molecule has 0 saturated carbocycles. The summed E-state index contributed by atoms with van der Waals surface area (Å²) in [4.78, 5) is 10.2. The molecule has 1 atom stereocenters. The van der Waals surface area contributed by atoms with Crippen LogP contribution in [0.1, 0.15) is 27.2 Å². The number of hydrogen-bond donors (Lipinski definition) is 0. The van der Waals surface area contributed by atoms with Gasteiger partial charge in [0.05, 0.1) is 0 Å². The minimum atomic E-state index is -0.764. The van der Waals surface area contributed by atoms with Crippen molar-refractivity contribution in [2.24, 2.45) is 0 Å². The van der Waals surface area contributed by atoms with Crippen molar-refractivity contribution in [1.29, 1.82) is 0 Å². The molecular weight excluding hydrogens is 174 g/mol. The Morgan fingerprint density at radius 3 is 1.92 bits per heavy atom. The van der Waals surface area contributed by atoms with E-state index < -0.39 is 12.3 Å². The van der Waals surface area contributed by atoms with Gasteiger partial charge in [0.25, 0.3) is 6.04 Å². The molecule has 0 aromatic carbocycles. The highest BCUT2D eigenvalue weighted by molar-refractivity contribution is 4.58. The zero-order valence-electron chi connectivity index (χ0n) is 8.36. The molecule has 0 aliphatic rings. The molecule has 0 aliphatic heterocycles. The number of hydrogen-bond acceptors (Lipinski definition) is 4. The van der Waals surface area contributed by atoms with Gasteiger partial charge in [0.2, 0.25) is 6.29 Å². The highest BCUT2D eigenvalue weighted by Crippen LogP contribution is 2.08. The third-order valence-corrected chi connectivity index (χ3v) is 1.67. The summed E-state index contributed by atoms with van der Waals surface area (Å²) in [7, 11) is 0. The molecule has 0 fully saturated rings. The Bertz CT molecular complexity index is 145. The Labute approximate surface area is 78.2 Å². The molecule has 0 rings (SSSR count). The van der Waals surface area contributed by atoms with Crippen LogP contribution >= 0.6 is 0 Å². The topological polar surface area (TPSA) is 61.6 Å². The predicted molar refractivity (Wildman–Crippen MR) is 48.1 cm³/mol. The van der Waals surface area contributed by atoms with Crippen LogP contribution in [0.4, 0.5) is 0 Å². The molecule has 1 unspecified atom stereocenters. The third kappa shape index (κ3) is 4.19. The van der Waals surface area contributed by atoms with Crippen LogP contribution in [0, 0.1) is 10.1 Å². The van der Waals surface area contributed by atoms with E-state index in [-0.39, 0.29) is 4.92 Å². The molecule has 0 amide bonds. The Hall–Kier alpha value is -0.680. The van der Waals surface area contributed by atoms with Gasteiger partial charge in [0.1, 0.15) is 0 Å². The van der Waals surface area contributed by atoms with E-state index in [0.717, 1.165) is 0 Å². The fourth-order valence-corrected chi connectivity index (χ4v) is 1.04. The fraction of sp³-hybridized carbons (Fsp3) is 1.00. The van der Waals surface area contributed by atoms with E-state index in [1.807, 2.05) is 0 Å². The van der Waals surface area contributed by atoms with Gasteiger partial charge in [-0.2, -0.15) is 0 Å². The van der Waals surface area contributed by atoms with Crippen LogP contribution in [0.15, 0.2) is 0 Å². The van der Waals surface area contributed by atoms with Gasteiger partial charge in [-0.15, -0.1) is 0 Å². The van der Waals surface area contributed by atoms with Crippen LogP contribution in [-0.2, 0) is 9.47 Å². The largest absolute Gasteiger partial charge is 0.347 e. The summed E-state index contributed by atoms with van der Waals surface area (Å²) in [6.07, 6.45) is -0.299. The second kappa shape index (κ2) is 6.80. The Morgan fingerprint density at radius 1 is 1.23 bits per heavy atom. The molecule has 0 spiro atoms. The first kappa shape index (κ1) is 12.3. The lowest BCUT2D eigenvalue weighted by atomic mass is 10.2. The van der Waals surface area contributed by atoms with Crippen LogP contribution in [-0.4, -0.2) is 30.5 Å². The standard InChI is InChI=1S/C8H17NO4/c1-4-7(9(10)11)8(12-5-2)13-6-3/h7-8H,4-6H2,1-3H3. The van der Waals surface area contributed by atoms with Crippen molar-refractivity contribution in [3.8, 4) is 0 Å². The minimum Gasteiger partial charge on any atom is -0.347 e. The van der Waals surface area contributed by atoms with E-state index in [1.54, 1.807) is 20.8 Å². The summed E-state index contributed by atoms with van der Waals surface area (Å²) in [6.45, 7) is 6.18. The van der Waals surface area contributed by atoms with E-state index in [9.17, 15) is 10.1 Å². The van der Waals surface area contributed by atoms with Gasteiger partial charge >= 0.3 is 0 Å². The number of rotatable bonds is 7. The van der Waals surface area contributed by atoms with Crippen LogP contribution in [0.5, 0.6) is 0 Å². The van der Waals surface area contributed by atoms with Crippen molar-refractivity contribution in [3.05, 3.63) is 10.1 Å². The molecule has 0 aromatic rings. The second-order valence-corrected chi connectivity index (χ2v) is 2.54. The van der Waals surface area contributed by atoms with Gasteiger partial charge in [-0.3, -0.25) is 10.1 Å². The SMILES string of the molecule is CCOC(OCC)C(CC)[N+](=O)[O-]. The average Bonchev–Trinajstić information content (AvgIpc) is 2.05. The maximum absolute atomic E-state index is 10.6. The van der Waals surface area contributed by atoms with Gasteiger partial charge in [-0.05, 0) is 13.8 Å². The Morgan fingerprint density at radius 2 is 1.69 bits per heavy atom. The van der Waals surface area contributed by atoms with Crippen molar-refractivity contribution in [3.63, 3.8) is 0 Å². The number of ether oxygens (including phenoxy) is 2. The van der Waals surface area contributed by atoms with Crippen LogP contribution < -0.4 is 0 Å². The summed E-state index contributed by atoms with van der Waals surface area (Å²) in [5, 5.41) is 10.6. The van der Waals surface area contributed by atoms with Crippen LogP contribution in [0.25, 0.3) is 0 Å². The molecular formula is C8H17NO4. The molecule has 0 radical (unpaired) electrons. The maximum atomic E-state index is 10.6. The van der Waals surface area contributed by atoms with Crippen molar-refractivity contribution in [1.82, 2.24) is 0 Å². The van der Waals surface area contributed by atoms with Gasteiger partial charge in [0, 0.05) is 24.6 Å². The van der Waals surface area contributed by atoms with E-state index in [4.69, 9.17) is 9.47 Å². The lowest BCUT2D eigenvalue weighted by Crippen LogP contribution is -2.37. The smallest absolute Gasteiger partial charge is 0.262 e. The predicted octanol–water partition coefficient (Wildman–Crippen LogP) is 1.44. The highest BCUT2D eigenvalue weighted by atomic mass is 16.7. The summed E-state index contributed by atoms with van der Waals surface area (Å²) in [5.41, 5.74) is 0. The molecule has 0 bridgehead atoms. The molecule has 5 nitrogen and oxygen atoms in total. The Balaban J connectivity index is 4.20. The maximum Gasteiger partial charge on any atom is 0.262 e. The van der Waals surface area contributed by atoms with Crippen molar-refractivity contribution >= 4 is 0 Å². The first-order valence-corrected chi connectivity index (χ1v) is 4.54. The van der Waals surface area contributed by atoms with Crippen LogP contribution in [0.2, 0.25) is 0 Å². The lowest BCUT2D eigenvalue weighted by molar-refractivity contribution is -0.549. The zero-order chi connectivity index (χ0) is 10.3. The van der Waals surface area contributed by atoms with Gasteiger partial charge in [-0.1, -0.05) is 6.92 Å². The number of nitro groups is 1. The van der Waals surface area contributed by atoms with Gasteiger partial charge in [0.15, 0.2) is 0 Å². The summed E-state index contributed by atoms with van der Waals surface area (Å²) >= 11 is 0. The monoisotopic (exact) mass is 191 g/mol. The summed E-state index contributed by atoms with van der Waals surface area (Å²) < 4.78 is 10.3. The number of nitrogens with zero attached hydrogens (tertiary/aromatic N) is 1. The van der Waals surface area contributed by atoms with E-state index in [2.05, 4.69) is 0 Å². The molecule has 0 saturated heterocycles. The Kier molecular flexibility index (Phi) is 6.44. The fourth-order valence-electron chi connectivity index (χ4n) is 1.04. The lowest BCUT2D eigenvalue weighted by Gasteiger charge is -2.19. The normalized spacial score (nSPS) is 13.2. The van der Waals surface area contributed by atoms with Crippen molar-refractivity contribution in [2.75, 3.05) is 13.2 Å². The molecule has 78 valence electrons. The first-order valence-electron chi connectivity index (χ1n) is 4.54. The second-order valence-electron chi connectivity index (χ2n) is 2.54. The van der Waals surface area contributed by atoms with Crippen molar-refractivity contribution < 1.29 is 14.4 Å². The van der Waals surface area contributed by atoms with Crippen molar-refractivity contribution in [2.45, 2.75) is 39.5 Å². The third-order valence-electron chi connectivity index (χ3n) is 1.67. The van der Waals surface area contributed by atoms with Gasteiger partial charge < -0.3 is 9.47 Å². The molecule has 13 heavy (non-hydrogen) atoms. The molecule has 0 aromatic heterocycles. The summed E-state index contributed by atoms with van der Waals surface area (Å²) in [5.74, 6) is 0.